The number of aryl methyl sites for hydroxylation is 2. The Bertz CT molecular complexity index is 713. The molecule has 5 nitrogen and oxygen atoms in total. The number of ether oxygens (including phenoxy) is 1. The van der Waals surface area contributed by atoms with Gasteiger partial charge in [0.05, 0.1) is 24.2 Å². The highest BCUT2D eigenvalue weighted by atomic mass is 32.1. The molecule has 0 atom stereocenters. The van der Waals surface area contributed by atoms with Gasteiger partial charge in [-0.1, -0.05) is 6.07 Å². The molecule has 1 saturated heterocycles. The van der Waals surface area contributed by atoms with E-state index in [1.54, 1.807) is 0 Å². The molecule has 0 spiro atoms. The number of fused-ring (bicyclic) bond motifs is 1. The predicted molar refractivity (Wildman–Crippen MR) is 83.9 cm³/mol. The number of aromatic amines is 1. The maximum atomic E-state index is 12.2. The lowest BCUT2D eigenvalue weighted by atomic mass is 10.2. The van der Waals surface area contributed by atoms with Gasteiger partial charge in [0.2, 0.25) is 5.91 Å². The molecule has 1 aliphatic rings. The van der Waals surface area contributed by atoms with Gasteiger partial charge in [-0.15, -0.1) is 0 Å². The standard InChI is InChI=1S/C15H19N3O2S/c1-11-2-3-12-13(10-11)18(15(21)16-12)5-4-14(19)17-6-8-20-9-7-17/h2-3,10H,4-9H2,1H3,(H,16,21). The smallest absolute Gasteiger partial charge is 0.224 e. The van der Waals surface area contributed by atoms with Gasteiger partial charge < -0.3 is 19.2 Å². The Kier molecular flexibility index (Phi) is 4.07. The first-order valence-corrected chi connectivity index (χ1v) is 7.60. The van der Waals surface area contributed by atoms with Crippen LogP contribution in [0.25, 0.3) is 11.0 Å². The summed E-state index contributed by atoms with van der Waals surface area (Å²) in [6, 6.07) is 6.18. The number of morpholine rings is 1. The van der Waals surface area contributed by atoms with Crippen molar-refractivity contribution in [1.29, 1.82) is 0 Å². The Morgan fingerprint density at radius 1 is 1.38 bits per heavy atom. The second kappa shape index (κ2) is 5.99. The molecule has 3 rings (SSSR count). The molecular formula is C15H19N3O2S. The number of hydrogen-bond donors (Lipinski definition) is 1. The van der Waals surface area contributed by atoms with E-state index in [4.69, 9.17) is 17.0 Å². The number of H-pyrrole nitrogens is 1. The summed E-state index contributed by atoms with van der Waals surface area (Å²) in [7, 11) is 0. The van der Waals surface area contributed by atoms with Crippen molar-refractivity contribution in [1.82, 2.24) is 14.5 Å². The first kappa shape index (κ1) is 14.3. The molecule has 1 aromatic heterocycles. The lowest BCUT2D eigenvalue weighted by molar-refractivity contribution is -0.135. The summed E-state index contributed by atoms with van der Waals surface area (Å²) >= 11 is 5.37. The van der Waals surface area contributed by atoms with Gasteiger partial charge in [0.15, 0.2) is 4.77 Å². The summed E-state index contributed by atoms with van der Waals surface area (Å²) < 4.78 is 7.95. The number of benzene rings is 1. The lowest BCUT2D eigenvalue weighted by Crippen LogP contribution is -2.40. The quantitative estimate of drug-likeness (QED) is 0.885. The van der Waals surface area contributed by atoms with E-state index in [0.29, 0.717) is 44.0 Å². The van der Waals surface area contributed by atoms with Gasteiger partial charge in [0.1, 0.15) is 0 Å². The van der Waals surface area contributed by atoms with Gasteiger partial charge in [-0.2, -0.15) is 0 Å². The monoisotopic (exact) mass is 305 g/mol. The third-order valence-corrected chi connectivity index (χ3v) is 4.17. The molecular weight excluding hydrogens is 286 g/mol. The molecule has 1 aromatic carbocycles. The molecule has 2 heterocycles. The number of rotatable bonds is 3. The largest absolute Gasteiger partial charge is 0.378 e. The summed E-state index contributed by atoms with van der Waals surface area (Å²) in [5.74, 6) is 0.169. The number of amides is 1. The van der Waals surface area contributed by atoms with Crippen LogP contribution in [0.4, 0.5) is 0 Å². The normalized spacial score (nSPS) is 15.6. The average Bonchev–Trinajstić information content (AvgIpc) is 2.80. The summed E-state index contributed by atoms with van der Waals surface area (Å²) in [6.45, 7) is 5.32. The van der Waals surface area contributed by atoms with E-state index in [0.717, 1.165) is 11.0 Å². The van der Waals surface area contributed by atoms with Crippen LogP contribution in [-0.2, 0) is 16.1 Å². The number of nitrogens with one attached hydrogen (secondary N) is 1. The Balaban J connectivity index is 1.75. The van der Waals surface area contributed by atoms with Crippen LogP contribution >= 0.6 is 12.2 Å². The van der Waals surface area contributed by atoms with E-state index in [2.05, 4.69) is 24.0 Å². The Morgan fingerprint density at radius 2 is 2.14 bits per heavy atom. The van der Waals surface area contributed by atoms with Crippen LogP contribution in [0.15, 0.2) is 18.2 Å². The number of aromatic nitrogens is 2. The molecule has 21 heavy (non-hydrogen) atoms. The van der Waals surface area contributed by atoms with Gasteiger partial charge in [0, 0.05) is 26.1 Å². The van der Waals surface area contributed by atoms with Gasteiger partial charge in [-0.25, -0.2) is 0 Å². The third kappa shape index (κ3) is 3.01. The molecule has 0 saturated carbocycles. The van der Waals surface area contributed by atoms with Crippen LogP contribution in [0.1, 0.15) is 12.0 Å². The van der Waals surface area contributed by atoms with E-state index in [9.17, 15) is 4.79 Å². The highest BCUT2D eigenvalue weighted by Gasteiger charge is 2.17. The molecule has 1 fully saturated rings. The minimum atomic E-state index is 0.169. The highest BCUT2D eigenvalue weighted by molar-refractivity contribution is 7.71. The molecule has 6 heteroatoms. The fourth-order valence-electron chi connectivity index (χ4n) is 2.66. The van der Waals surface area contributed by atoms with E-state index >= 15 is 0 Å². The summed E-state index contributed by atoms with van der Waals surface area (Å²) in [5.41, 5.74) is 3.27. The molecule has 1 N–H and O–H groups in total. The number of nitrogens with zero attached hydrogens (tertiary/aromatic N) is 2. The summed E-state index contributed by atoms with van der Waals surface area (Å²) in [5, 5.41) is 0. The predicted octanol–water partition coefficient (Wildman–Crippen LogP) is 2.26. The Morgan fingerprint density at radius 3 is 2.90 bits per heavy atom. The SMILES string of the molecule is Cc1ccc2[nH]c(=S)n(CCC(=O)N3CCOCC3)c2c1. The zero-order valence-electron chi connectivity index (χ0n) is 12.1. The number of hydrogen-bond acceptors (Lipinski definition) is 3. The summed E-state index contributed by atoms with van der Waals surface area (Å²) in [4.78, 5) is 17.3. The number of carbonyl (C=O) groups is 1. The second-order valence-electron chi connectivity index (χ2n) is 5.35. The maximum Gasteiger partial charge on any atom is 0.224 e. The van der Waals surface area contributed by atoms with Crippen molar-refractivity contribution < 1.29 is 9.53 Å². The van der Waals surface area contributed by atoms with Crippen LogP contribution in [0.5, 0.6) is 0 Å². The molecule has 0 radical (unpaired) electrons. The third-order valence-electron chi connectivity index (χ3n) is 3.84. The van der Waals surface area contributed by atoms with Crippen molar-refractivity contribution in [2.24, 2.45) is 0 Å². The van der Waals surface area contributed by atoms with E-state index < -0.39 is 0 Å². The average molecular weight is 305 g/mol. The lowest BCUT2D eigenvalue weighted by Gasteiger charge is -2.26. The molecule has 1 aliphatic heterocycles. The van der Waals surface area contributed by atoms with Gasteiger partial charge in [0.25, 0.3) is 0 Å². The van der Waals surface area contributed by atoms with Crippen molar-refractivity contribution in [3.63, 3.8) is 0 Å². The van der Waals surface area contributed by atoms with E-state index in [-0.39, 0.29) is 5.91 Å². The van der Waals surface area contributed by atoms with Crippen molar-refractivity contribution in [2.75, 3.05) is 26.3 Å². The molecule has 0 aliphatic carbocycles. The van der Waals surface area contributed by atoms with Crippen LogP contribution in [-0.4, -0.2) is 46.7 Å². The van der Waals surface area contributed by atoms with Crippen LogP contribution in [0.3, 0.4) is 0 Å². The highest BCUT2D eigenvalue weighted by Crippen LogP contribution is 2.16. The molecule has 112 valence electrons. The maximum absolute atomic E-state index is 12.2. The van der Waals surface area contributed by atoms with Crippen molar-refractivity contribution >= 4 is 29.2 Å². The van der Waals surface area contributed by atoms with Crippen molar-refractivity contribution in [3.05, 3.63) is 28.5 Å². The fraction of sp³-hybridized carbons (Fsp3) is 0.467. The van der Waals surface area contributed by atoms with Crippen LogP contribution < -0.4 is 0 Å². The van der Waals surface area contributed by atoms with Crippen molar-refractivity contribution in [3.8, 4) is 0 Å². The van der Waals surface area contributed by atoms with Gasteiger partial charge in [-0.05, 0) is 36.8 Å². The van der Waals surface area contributed by atoms with Crippen LogP contribution in [0, 0.1) is 11.7 Å². The van der Waals surface area contributed by atoms with E-state index in [1.807, 2.05) is 15.5 Å². The Hall–Kier alpha value is -1.66. The van der Waals surface area contributed by atoms with Crippen molar-refractivity contribution in [2.45, 2.75) is 19.9 Å². The first-order valence-electron chi connectivity index (χ1n) is 7.20. The molecule has 0 bridgehead atoms. The number of carbonyl (C=O) groups excluding carboxylic acids is 1. The summed E-state index contributed by atoms with van der Waals surface area (Å²) in [6.07, 6.45) is 0.467. The van der Waals surface area contributed by atoms with Gasteiger partial charge >= 0.3 is 0 Å². The molecule has 0 unspecified atom stereocenters. The van der Waals surface area contributed by atoms with E-state index in [1.165, 1.54) is 5.56 Å². The van der Waals surface area contributed by atoms with Crippen LogP contribution in [0.2, 0.25) is 0 Å². The number of imidazole rings is 1. The molecule has 1 amide bonds. The zero-order valence-corrected chi connectivity index (χ0v) is 12.9. The minimum absolute atomic E-state index is 0.169. The Labute approximate surface area is 128 Å². The minimum Gasteiger partial charge on any atom is -0.378 e. The zero-order chi connectivity index (χ0) is 14.8. The second-order valence-corrected chi connectivity index (χ2v) is 5.73. The molecule has 2 aromatic rings. The topological polar surface area (TPSA) is 50.3 Å². The van der Waals surface area contributed by atoms with Gasteiger partial charge in [-0.3, -0.25) is 4.79 Å². The fourth-order valence-corrected chi connectivity index (χ4v) is 2.96. The first-order chi connectivity index (χ1) is 10.1.